The molecular formula is C18H22BrN3O2. The van der Waals surface area contributed by atoms with E-state index in [2.05, 4.69) is 63.3 Å². The molecule has 1 heterocycles. The lowest BCUT2D eigenvalue weighted by Crippen LogP contribution is -2.12. The fourth-order valence-electron chi connectivity index (χ4n) is 2.29. The quantitative estimate of drug-likeness (QED) is 0.750. The number of hydrogen-bond acceptors (Lipinski definition) is 5. The molecule has 0 unspecified atom stereocenters. The van der Waals surface area contributed by atoms with Crippen LogP contribution >= 0.6 is 15.9 Å². The maximum absolute atomic E-state index is 11.6. The average Bonchev–Trinajstić information content (AvgIpc) is 2.54. The van der Waals surface area contributed by atoms with E-state index in [0.717, 1.165) is 16.6 Å². The zero-order valence-electron chi connectivity index (χ0n) is 14.4. The van der Waals surface area contributed by atoms with E-state index in [1.54, 1.807) is 6.07 Å². The second-order valence-electron chi connectivity index (χ2n) is 5.89. The molecule has 5 nitrogen and oxygen atoms in total. The number of carbonyl (C=O) groups is 1. The van der Waals surface area contributed by atoms with Gasteiger partial charge in [0.1, 0.15) is 0 Å². The molecule has 1 aromatic carbocycles. The highest BCUT2D eigenvalue weighted by atomic mass is 79.9. The fraction of sp³-hybridized carbons (Fsp3) is 0.389. The van der Waals surface area contributed by atoms with Crippen LogP contribution in [-0.2, 0) is 11.2 Å². The maximum Gasteiger partial charge on any atom is 0.356 e. The van der Waals surface area contributed by atoms with Crippen molar-refractivity contribution in [2.75, 3.05) is 19.0 Å². The van der Waals surface area contributed by atoms with Crippen molar-refractivity contribution in [1.29, 1.82) is 0 Å². The number of rotatable bonds is 6. The van der Waals surface area contributed by atoms with Gasteiger partial charge in [-0.25, -0.2) is 14.8 Å². The summed E-state index contributed by atoms with van der Waals surface area (Å²) in [5, 5.41) is 3.17. The normalized spacial score (nSPS) is 10.8. The van der Waals surface area contributed by atoms with E-state index in [1.165, 1.54) is 18.2 Å². The van der Waals surface area contributed by atoms with Crippen molar-refractivity contribution in [3.8, 4) is 0 Å². The minimum Gasteiger partial charge on any atom is -0.464 e. The molecule has 0 saturated carbocycles. The van der Waals surface area contributed by atoms with Crippen LogP contribution in [0.25, 0.3) is 0 Å². The van der Waals surface area contributed by atoms with Gasteiger partial charge in [0, 0.05) is 16.7 Å². The lowest BCUT2D eigenvalue weighted by atomic mass is 10.0. The number of anilines is 1. The number of halogens is 1. The van der Waals surface area contributed by atoms with Crippen molar-refractivity contribution < 1.29 is 9.53 Å². The van der Waals surface area contributed by atoms with Gasteiger partial charge in [0.2, 0.25) is 5.95 Å². The Morgan fingerprint density at radius 1 is 1.29 bits per heavy atom. The molecular weight excluding hydrogens is 370 g/mol. The summed E-state index contributed by atoms with van der Waals surface area (Å²) in [5.74, 6) is 0.479. The van der Waals surface area contributed by atoms with E-state index >= 15 is 0 Å². The van der Waals surface area contributed by atoms with E-state index in [1.807, 2.05) is 6.92 Å². The molecule has 2 aromatic rings. The Labute approximate surface area is 151 Å². The molecule has 24 heavy (non-hydrogen) atoms. The summed E-state index contributed by atoms with van der Waals surface area (Å²) in [6.07, 6.45) is 0.823. The Morgan fingerprint density at radius 3 is 2.67 bits per heavy atom. The molecule has 128 valence electrons. The van der Waals surface area contributed by atoms with Crippen LogP contribution in [0.3, 0.4) is 0 Å². The minimum absolute atomic E-state index is 0.259. The number of aryl methyl sites for hydroxylation is 1. The molecule has 0 radical (unpaired) electrons. The number of nitrogens with zero attached hydrogens (tertiary/aromatic N) is 2. The third-order valence-electron chi connectivity index (χ3n) is 3.67. The summed E-state index contributed by atoms with van der Waals surface area (Å²) < 4.78 is 5.81. The highest BCUT2D eigenvalue weighted by Gasteiger charge is 2.10. The molecule has 0 saturated heterocycles. The Hall–Kier alpha value is -1.95. The van der Waals surface area contributed by atoms with E-state index in [4.69, 9.17) is 4.74 Å². The average molecular weight is 392 g/mol. The first kappa shape index (κ1) is 18.4. The lowest BCUT2D eigenvalue weighted by molar-refractivity contribution is 0.0594. The molecule has 0 spiro atoms. The molecule has 1 N–H and O–H groups in total. The smallest absolute Gasteiger partial charge is 0.356 e. The lowest BCUT2D eigenvalue weighted by Gasteiger charge is -2.11. The maximum atomic E-state index is 11.6. The van der Waals surface area contributed by atoms with Crippen LogP contribution < -0.4 is 5.32 Å². The monoisotopic (exact) mass is 391 g/mol. The summed E-state index contributed by atoms with van der Waals surface area (Å²) >= 11 is 3.63. The van der Waals surface area contributed by atoms with Crippen LogP contribution in [0.2, 0.25) is 0 Å². The SMILES string of the molecule is COC(=O)c1cc(C)nc(NCCc2ccc(C(C)C)cc2Br)n1. The second kappa shape index (κ2) is 8.24. The molecule has 0 aliphatic rings. The third kappa shape index (κ3) is 4.77. The number of carbonyl (C=O) groups excluding carboxylic acids is 1. The van der Waals surface area contributed by atoms with Crippen molar-refractivity contribution >= 4 is 27.8 Å². The Balaban J connectivity index is 2.02. The largest absolute Gasteiger partial charge is 0.464 e. The van der Waals surface area contributed by atoms with Crippen molar-refractivity contribution in [3.63, 3.8) is 0 Å². The third-order valence-corrected chi connectivity index (χ3v) is 4.41. The van der Waals surface area contributed by atoms with Crippen molar-refractivity contribution in [3.05, 3.63) is 51.3 Å². The van der Waals surface area contributed by atoms with Gasteiger partial charge < -0.3 is 10.1 Å². The number of ether oxygens (including phenoxy) is 1. The highest BCUT2D eigenvalue weighted by molar-refractivity contribution is 9.10. The standard InChI is InChI=1S/C18H22BrN3O2/c1-11(2)14-6-5-13(15(19)10-14)7-8-20-18-21-12(3)9-16(22-18)17(23)24-4/h5-6,9-11H,7-8H2,1-4H3,(H,20,21,22). The molecule has 0 aliphatic carbocycles. The van der Waals surface area contributed by atoms with Crippen LogP contribution in [0.1, 0.15) is 47.1 Å². The summed E-state index contributed by atoms with van der Waals surface area (Å²) in [6, 6.07) is 8.07. The van der Waals surface area contributed by atoms with Gasteiger partial charge in [0.15, 0.2) is 5.69 Å². The first-order valence-corrected chi connectivity index (χ1v) is 8.66. The number of hydrogen-bond donors (Lipinski definition) is 1. The molecule has 0 amide bonds. The van der Waals surface area contributed by atoms with Crippen molar-refractivity contribution in [1.82, 2.24) is 9.97 Å². The fourth-order valence-corrected chi connectivity index (χ4v) is 2.89. The number of methoxy groups -OCH3 is 1. The molecule has 2 rings (SSSR count). The van der Waals surface area contributed by atoms with E-state index < -0.39 is 5.97 Å². The van der Waals surface area contributed by atoms with E-state index in [0.29, 0.717) is 18.4 Å². The van der Waals surface area contributed by atoms with Gasteiger partial charge in [-0.1, -0.05) is 41.9 Å². The number of esters is 1. The molecule has 0 aliphatic heterocycles. The molecule has 1 aromatic heterocycles. The second-order valence-corrected chi connectivity index (χ2v) is 6.75. The zero-order chi connectivity index (χ0) is 17.7. The van der Waals surface area contributed by atoms with Gasteiger partial charge in [-0.15, -0.1) is 0 Å². The van der Waals surface area contributed by atoms with Crippen LogP contribution in [0.15, 0.2) is 28.7 Å². The Bertz CT molecular complexity index is 732. The van der Waals surface area contributed by atoms with E-state index in [9.17, 15) is 4.79 Å². The molecule has 6 heteroatoms. The zero-order valence-corrected chi connectivity index (χ0v) is 16.0. The molecule has 0 fully saturated rings. The van der Waals surface area contributed by atoms with Crippen LogP contribution in [0.4, 0.5) is 5.95 Å². The predicted octanol–water partition coefficient (Wildman–Crippen LogP) is 4.11. The van der Waals surface area contributed by atoms with Gasteiger partial charge in [0.25, 0.3) is 0 Å². The summed E-state index contributed by atoms with van der Waals surface area (Å²) in [5.41, 5.74) is 3.50. The van der Waals surface area contributed by atoms with Crippen LogP contribution in [-0.4, -0.2) is 29.6 Å². The van der Waals surface area contributed by atoms with Crippen molar-refractivity contribution in [2.24, 2.45) is 0 Å². The van der Waals surface area contributed by atoms with Crippen molar-refractivity contribution in [2.45, 2.75) is 33.1 Å². The minimum atomic E-state index is -0.462. The number of nitrogens with one attached hydrogen (secondary N) is 1. The van der Waals surface area contributed by atoms with Gasteiger partial charge in [-0.3, -0.25) is 0 Å². The Morgan fingerprint density at radius 2 is 2.04 bits per heavy atom. The summed E-state index contributed by atoms with van der Waals surface area (Å²) in [6.45, 7) is 6.85. The topological polar surface area (TPSA) is 64.1 Å². The first-order valence-electron chi connectivity index (χ1n) is 7.87. The number of aromatic nitrogens is 2. The van der Waals surface area contributed by atoms with Gasteiger partial charge in [0.05, 0.1) is 7.11 Å². The highest BCUT2D eigenvalue weighted by Crippen LogP contribution is 2.23. The number of benzene rings is 1. The van der Waals surface area contributed by atoms with E-state index in [-0.39, 0.29) is 5.69 Å². The van der Waals surface area contributed by atoms with Crippen LogP contribution in [0.5, 0.6) is 0 Å². The Kier molecular flexibility index (Phi) is 6.31. The molecule has 0 atom stereocenters. The predicted molar refractivity (Wildman–Crippen MR) is 98.5 cm³/mol. The summed E-state index contributed by atoms with van der Waals surface area (Å²) in [4.78, 5) is 20.1. The first-order chi connectivity index (χ1) is 11.4. The van der Waals surface area contributed by atoms with Gasteiger partial charge >= 0.3 is 5.97 Å². The summed E-state index contributed by atoms with van der Waals surface area (Å²) in [7, 11) is 1.34. The van der Waals surface area contributed by atoms with Gasteiger partial charge in [-0.05, 0) is 42.5 Å². The molecule has 0 bridgehead atoms. The van der Waals surface area contributed by atoms with Crippen LogP contribution in [0, 0.1) is 6.92 Å². The van der Waals surface area contributed by atoms with Gasteiger partial charge in [-0.2, -0.15) is 0 Å².